The fourth-order valence-electron chi connectivity index (χ4n) is 3.61. The van der Waals surface area contributed by atoms with Crippen molar-refractivity contribution in [2.75, 3.05) is 19.8 Å². The predicted molar refractivity (Wildman–Crippen MR) is 95.8 cm³/mol. The summed E-state index contributed by atoms with van der Waals surface area (Å²) in [5, 5.41) is 12.5. The van der Waals surface area contributed by atoms with Gasteiger partial charge < -0.3 is 10.1 Å². The maximum Gasteiger partial charge on any atom is 0.0991 e. The van der Waals surface area contributed by atoms with Crippen molar-refractivity contribution in [1.82, 2.24) is 5.32 Å². The van der Waals surface area contributed by atoms with Gasteiger partial charge in [0.05, 0.1) is 11.6 Å². The van der Waals surface area contributed by atoms with E-state index >= 15 is 0 Å². The summed E-state index contributed by atoms with van der Waals surface area (Å²) in [4.78, 5) is 0. The molecule has 0 spiro atoms. The summed E-state index contributed by atoms with van der Waals surface area (Å²) in [5.74, 6) is 0. The maximum absolute atomic E-state index is 8.88. The third kappa shape index (κ3) is 3.67. The number of nitrogens with one attached hydrogen (secondary N) is 1. The Hall–Kier alpha value is -2.15. The molecule has 0 atom stereocenters. The zero-order valence-corrected chi connectivity index (χ0v) is 14.2. The van der Waals surface area contributed by atoms with E-state index in [1.807, 2.05) is 24.3 Å². The molecule has 3 rings (SSSR count). The van der Waals surface area contributed by atoms with Crippen LogP contribution in [0.25, 0.3) is 0 Å². The average Bonchev–Trinajstić information content (AvgIpc) is 2.63. The van der Waals surface area contributed by atoms with Gasteiger partial charge in [0.2, 0.25) is 0 Å². The quantitative estimate of drug-likeness (QED) is 0.913. The minimum absolute atomic E-state index is 0.149. The fourth-order valence-corrected chi connectivity index (χ4v) is 3.61. The third-order valence-electron chi connectivity index (χ3n) is 5.04. The van der Waals surface area contributed by atoms with Gasteiger partial charge in [0.1, 0.15) is 0 Å². The fraction of sp³-hybridized carbons (Fsp3) is 0.381. The lowest BCUT2D eigenvalue weighted by atomic mass is 9.72. The van der Waals surface area contributed by atoms with Crippen molar-refractivity contribution in [3.05, 3.63) is 70.8 Å². The Bertz CT molecular complexity index is 709. The highest BCUT2D eigenvalue weighted by Crippen LogP contribution is 2.36. The summed E-state index contributed by atoms with van der Waals surface area (Å²) >= 11 is 0. The van der Waals surface area contributed by atoms with Crippen LogP contribution in [0.15, 0.2) is 48.5 Å². The second kappa shape index (κ2) is 7.61. The number of aryl methyl sites for hydroxylation is 1. The van der Waals surface area contributed by atoms with Crippen LogP contribution in [0.2, 0.25) is 0 Å². The smallest absolute Gasteiger partial charge is 0.0991 e. The van der Waals surface area contributed by atoms with Crippen molar-refractivity contribution < 1.29 is 4.74 Å². The molecule has 0 aliphatic carbocycles. The summed E-state index contributed by atoms with van der Waals surface area (Å²) in [7, 11) is 0. The Labute approximate surface area is 144 Å². The largest absolute Gasteiger partial charge is 0.381 e. The summed E-state index contributed by atoms with van der Waals surface area (Å²) in [5.41, 5.74) is 4.87. The Morgan fingerprint density at radius 3 is 2.46 bits per heavy atom. The highest BCUT2D eigenvalue weighted by molar-refractivity contribution is 5.35. The predicted octanol–water partition coefficient (Wildman–Crippen LogP) is 3.70. The molecule has 0 bridgehead atoms. The molecule has 1 saturated heterocycles. The monoisotopic (exact) mass is 320 g/mol. The van der Waals surface area contributed by atoms with E-state index in [0.717, 1.165) is 39.1 Å². The van der Waals surface area contributed by atoms with Crippen LogP contribution >= 0.6 is 0 Å². The van der Waals surface area contributed by atoms with Gasteiger partial charge in [-0.3, -0.25) is 0 Å². The van der Waals surface area contributed by atoms with Crippen LogP contribution < -0.4 is 5.32 Å². The number of benzene rings is 2. The molecule has 1 heterocycles. The normalized spacial score (nSPS) is 16.5. The first-order chi connectivity index (χ1) is 11.7. The Morgan fingerprint density at radius 2 is 1.79 bits per heavy atom. The molecule has 2 aromatic carbocycles. The molecule has 1 aliphatic heterocycles. The lowest BCUT2D eigenvalue weighted by Gasteiger charge is -2.39. The number of hydrogen-bond donors (Lipinski definition) is 1. The molecule has 1 aliphatic rings. The van der Waals surface area contributed by atoms with Gasteiger partial charge in [0, 0.05) is 31.7 Å². The molecule has 3 heteroatoms. The van der Waals surface area contributed by atoms with E-state index in [1.54, 1.807) is 0 Å². The zero-order valence-electron chi connectivity index (χ0n) is 14.2. The first-order valence-corrected chi connectivity index (χ1v) is 8.57. The topological polar surface area (TPSA) is 45.0 Å². The van der Waals surface area contributed by atoms with Crippen LogP contribution in [0.4, 0.5) is 0 Å². The first-order valence-electron chi connectivity index (χ1n) is 8.57. The molecule has 24 heavy (non-hydrogen) atoms. The number of nitriles is 1. The number of hydrogen-bond acceptors (Lipinski definition) is 3. The van der Waals surface area contributed by atoms with Crippen molar-refractivity contribution in [2.45, 2.75) is 31.7 Å². The third-order valence-corrected chi connectivity index (χ3v) is 5.04. The minimum Gasteiger partial charge on any atom is -0.381 e. The van der Waals surface area contributed by atoms with Gasteiger partial charge in [-0.1, -0.05) is 36.4 Å². The number of rotatable bonds is 5. The van der Waals surface area contributed by atoms with Crippen LogP contribution in [-0.4, -0.2) is 19.8 Å². The van der Waals surface area contributed by atoms with Crippen molar-refractivity contribution in [1.29, 1.82) is 5.26 Å². The van der Waals surface area contributed by atoms with Crippen LogP contribution in [0, 0.1) is 18.3 Å². The molecule has 0 aromatic heterocycles. The van der Waals surface area contributed by atoms with E-state index in [0.29, 0.717) is 5.56 Å². The second-order valence-electron chi connectivity index (χ2n) is 6.62. The van der Waals surface area contributed by atoms with Crippen molar-refractivity contribution in [2.24, 2.45) is 0 Å². The van der Waals surface area contributed by atoms with Crippen molar-refractivity contribution in [3.8, 4) is 6.07 Å². The molecule has 0 unspecified atom stereocenters. The lowest BCUT2D eigenvalue weighted by Crippen LogP contribution is -2.43. The van der Waals surface area contributed by atoms with E-state index in [9.17, 15) is 0 Å². The number of nitrogens with zero attached hydrogens (tertiary/aromatic N) is 1. The molecule has 1 N–H and O–H groups in total. The van der Waals surface area contributed by atoms with Gasteiger partial charge in [0.15, 0.2) is 0 Å². The van der Waals surface area contributed by atoms with Gasteiger partial charge in [0.25, 0.3) is 0 Å². The van der Waals surface area contributed by atoms with E-state index in [4.69, 9.17) is 10.00 Å². The first kappa shape index (κ1) is 16.7. The van der Waals surface area contributed by atoms with Crippen LogP contribution in [0.5, 0.6) is 0 Å². The molecule has 3 nitrogen and oxygen atoms in total. The van der Waals surface area contributed by atoms with Crippen LogP contribution in [0.1, 0.15) is 35.1 Å². The molecular weight excluding hydrogens is 296 g/mol. The minimum atomic E-state index is 0.149. The molecule has 1 fully saturated rings. The molecule has 124 valence electrons. The van der Waals surface area contributed by atoms with E-state index in [-0.39, 0.29) is 5.41 Å². The van der Waals surface area contributed by atoms with Crippen molar-refractivity contribution in [3.63, 3.8) is 0 Å². The van der Waals surface area contributed by atoms with Gasteiger partial charge >= 0.3 is 0 Å². The SMILES string of the molecule is Cc1ccccc1C1(CNCc2ccc(C#N)cc2)CCOCC1. The van der Waals surface area contributed by atoms with Gasteiger partial charge in [-0.05, 0) is 48.6 Å². The highest BCUT2D eigenvalue weighted by Gasteiger charge is 2.35. The van der Waals surface area contributed by atoms with Gasteiger partial charge in [-0.15, -0.1) is 0 Å². The molecule has 0 radical (unpaired) electrons. The molecule has 0 amide bonds. The Balaban J connectivity index is 1.71. The Kier molecular flexibility index (Phi) is 5.30. The highest BCUT2D eigenvalue weighted by atomic mass is 16.5. The standard InChI is InChI=1S/C21H24N2O/c1-17-4-2-3-5-20(17)21(10-12-24-13-11-21)16-23-15-19-8-6-18(14-22)7-9-19/h2-9,23H,10-13,15-16H2,1H3. The molecule has 2 aromatic rings. The Morgan fingerprint density at radius 1 is 1.08 bits per heavy atom. The zero-order chi connectivity index (χ0) is 16.8. The number of ether oxygens (including phenoxy) is 1. The van der Waals surface area contributed by atoms with E-state index < -0.39 is 0 Å². The van der Waals surface area contributed by atoms with Gasteiger partial charge in [-0.25, -0.2) is 0 Å². The van der Waals surface area contributed by atoms with Crippen LogP contribution in [-0.2, 0) is 16.7 Å². The van der Waals surface area contributed by atoms with E-state index in [1.165, 1.54) is 16.7 Å². The summed E-state index contributed by atoms with van der Waals surface area (Å²) in [6.45, 7) is 5.62. The van der Waals surface area contributed by atoms with Crippen LogP contribution in [0.3, 0.4) is 0 Å². The van der Waals surface area contributed by atoms with Gasteiger partial charge in [-0.2, -0.15) is 5.26 Å². The van der Waals surface area contributed by atoms with E-state index in [2.05, 4.69) is 42.6 Å². The average molecular weight is 320 g/mol. The molecule has 0 saturated carbocycles. The summed E-state index contributed by atoms with van der Waals surface area (Å²) in [6.07, 6.45) is 2.11. The van der Waals surface area contributed by atoms with Crippen molar-refractivity contribution >= 4 is 0 Å². The molecular formula is C21H24N2O. The second-order valence-corrected chi connectivity index (χ2v) is 6.62. The lowest BCUT2D eigenvalue weighted by molar-refractivity contribution is 0.0496. The summed E-state index contributed by atoms with van der Waals surface area (Å²) < 4.78 is 5.62. The summed E-state index contributed by atoms with van der Waals surface area (Å²) in [6, 6.07) is 18.7. The maximum atomic E-state index is 8.88.